The number of ether oxygens (including phenoxy) is 4. The summed E-state index contributed by atoms with van der Waals surface area (Å²) in [6.45, 7) is 0. The first-order chi connectivity index (χ1) is 14.7. The predicted octanol–water partition coefficient (Wildman–Crippen LogP) is 2.98. The highest BCUT2D eigenvalue weighted by molar-refractivity contribution is 6.16. The molecular weight excluding hydrogens is 386 g/mol. The van der Waals surface area contributed by atoms with Crippen molar-refractivity contribution in [2.75, 3.05) is 14.2 Å². The molecule has 1 atom stereocenters. The smallest absolute Gasteiger partial charge is 0.341 e. The van der Waals surface area contributed by atoms with Crippen LogP contribution in [0.3, 0.4) is 0 Å². The van der Waals surface area contributed by atoms with Crippen LogP contribution in [0.2, 0.25) is 0 Å². The second-order valence-corrected chi connectivity index (χ2v) is 5.93. The highest BCUT2D eigenvalue weighted by atomic mass is 16.5. The SMILES string of the molecule is CO/C=C(/C(=O)OC)c1ccccc1OC1C=C(Oc2ccccc2C#N)NC=N1. The number of nitrogens with one attached hydrogen (secondary N) is 1. The van der Waals surface area contributed by atoms with Crippen LogP contribution in [0, 0.1) is 11.3 Å². The van der Waals surface area contributed by atoms with Crippen molar-refractivity contribution in [3.63, 3.8) is 0 Å². The fourth-order valence-corrected chi connectivity index (χ4v) is 2.66. The van der Waals surface area contributed by atoms with E-state index in [0.29, 0.717) is 28.5 Å². The lowest BCUT2D eigenvalue weighted by Crippen LogP contribution is -2.27. The summed E-state index contributed by atoms with van der Waals surface area (Å²) in [6, 6.07) is 15.9. The number of carbonyl (C=O) groups excluding carboxylic acids is 1. The first-order valence-corrected chi connectivity index (χ1v) is 8.90. The zero-order chi connectivity index (χ0) is 21.3. The van der Waals surface area contributed by atoms with Gasteiger partial charge < -0.3 is 24.3 Å². The van der Waals surface area contributed by atoms with Crippen molar-refractivity contribution >= 4 is 17.9 Å². The van der Waals surface area contributed by atoms with Gasteiger partial charge in [0.2, 0.25) is 6.23 Å². The number of esters is 1. The molecule has 1 aliphatic rings. The molecule has 0 amide bonds. The maximum atomic E-state index is 12.1. The fourth-order valence-electron chi connectivity index (χ4n) is 2.66. The van der Waals surface area contributed by atoms with Crippen molar-refractivity contribution in [2.45, 2.75) is 6.23 Å². The van der Waals surface area contributed by atoms with Crippen molar-refractivity contribution in [1.82, 2.24) is 5.32 Å². The molecule has 0 aliphatic carbocycles. The van der Waals surface area contributed by atoms with Gasteiger partial charge >= 0.3 is 5.97 Å². The van der Waals surface area contributed by atoms with E-state index in [1.165, 1.54) is 26.8 Å². The van der Waals surface area contributed by atoms with Crippen LogP contribution in [0.15, 0.2) is 71.7 Å². The van der Waals surface area contributed by atoms with Gasteiger partial charge in [0.25, 0.3) is 0 Å². The molecule has 3 rings (SSSR count). The van der Waals surface area contributed by atoms with Crippen LogP contribution < -0.4 is 14.8 Å². The Morgan fingerprint density at radius 1 is 1.13 bits per heavy atom. The zero-order valence-electron chi connectivity index (χ0n) is 16.4. The number of hydrogen-bond acceptors (Lipinski definition) is 8. The summed E-state index contributed by atoms with van der Waals surface area (Å²) in [5.74, 6) is 0.609. The van der Waals surface area contributed by atoms with E-state index in [0.717, 1.165) is 0 Å². The molecule has 1 aliphatic heterocycles. The number of benzene rings is 2. The quantitative estimate of drug-likeness (QED) is 0.429. The molecule has 2 aromatic rings. The summed E-state index contributed by atoms with van der Waals surface area (Å²) in [5.41, 5.74) is 1.10. The molecule has 0 fully saturated rings. The normalized spacial score (nSPS) is 15.3. The third kappa shape index (κ3) is 4.77. The zero-order valence-corrected chi connectivity index (χ0v) is 16.4. The third-order valence-electron chi connectivity index (χ3n) is 4.02. The number of carbonyl (C=O) groups is 1. The predicted molar refractivity (Wildman–Crippen MR) is 109 cm³/mol. The molecule has 2 aromatic carbocycles. The number of hydrogen-bond donors (Lipinski definition) is 1. The van der Waals surface area contributed by atoms with Gasteiger partial charge in [0.15, 0.2) is 5.88 Å². The molecule has 0 radical (unpaired) electrons. The Morgan fingerprint density at radius 2 is 1.87 bits per heavy atom. The number of methoxy groups -OCH3 is 2. The third-order valence-corrected chi connectivity index (χ3v) is 4.02. The van der Waals surface area contributed by atoms with E-state index < -0.39 is 12.2 Å². The number of rotatable bonds is 7. The number of para-hydroxylation sites is 2. The monoisotopic (exact) mass is 405 g/mol. The Kier molecular flexibility index (Phi) is 6.69. The van der Waals surface area contributed by atoms with Crippen LogP contribution in [-0.2, 0) is 14.3 Å². The van der Waals surface area contributed by atoms with E-state index in [4.69, 9.17) is 18.9 Å². The molecule has 0 saturated heterocycles. The summed E-state index contributed by atoms with van der Waals surface area (Å²) >= 11 is 0. The Hall–Kier alpha value is -4.25. The standard InChI is InChI=1S/C22H19N3O5/c1-27-13-17(22(26)28-2)16-8-4-6-10-19(16)30-21-11-20(24-14-25-21)29-18-9-5-3-7-15(18)12-23/h3-11,13-14,21H,1-2H3,(H,24,25)/b17-13+. The minimum Gasteiger partial charge on any atom is -0.503 e. The van der Waals surface area contributed by atoms with Gasteiger partial charge in [0.1, 0.15) is 23.1 Å². The Balaban J connectivity index is 1.84. The van der Waals surface area contributed by atoms with E-state index in [1.807, 2.05) is 0 Å². The maximum absolute atomic E-state index is 12.1. The second kappa shape index (κ2) is 9.80. The molecule has 152 valence electrons. The average molecular weight is 405 g/mol. The van der Waals surface area contributed by atoms with Gasteiger partial charge in [-0.25, -0.2) is 9.79 Å². The van der Waals surface area contributed by atoms with E-state index in [2.05, 4.69) is 16.4 Å². The lowest BCUT2D eigenvalue weighted by atomic mass is 10.1. The molecule has 8 nitrogen and oxygen atoms in total. The van der Waals surface area contributed by atoms with Gasteiger partial charge in [-0.15, -0.1) is 0 Å². The molecule has 0 bridgehead atoms. The molecular formula is C22H19N3O5. The number of nitrogens with zero attached hydrogens (tertiary/aromatic N) is 2. The van der Waals surface area contributed by atoms with Crippen LogP contribution in [0.5, 0.6) is 11.5 Å². The fraction of sp³-hybridized carbons (Fsp3) is 0.136. The van der Waals surface area contributed by atoms with Gasteiger partial charge in [-0.05, 0) is 18.2 Å². The minimum absolute atomic E-state index is 0.205. The number of aliphatic imine (C=N–C) groups is 1. The van der Waals surface area contributed by atoms with Crippen molar-refractivity contribution in [2.24, 2.45) is 4.99 Å². The minimum atomic E-state index is -0.724. The van der Waals surface area contributed by atoms with Crippen molar-refractivity contribution in [3.05, 3.63) is 77.9 Å². The molecule has 0 saturated carbocycles. The van der Waals surface area contributed by atoms with E-state index in [-0.39, 0.29) is 5.57 Å². The van der Waals surface area contributed by atoms with Crippen LogP contribution in [0.25, 0.3) is 5.57 Å². The first-order valence-electron chi connectivity index (χ1n) is 8.90. The van der Waals surface area contributed by atoms with Crippen LogP contribution in [0.1, 0.15) is 11.1 Å². The van der Waals surface area contributed by atoms with Crippen molar-refractivity contribution in [1.29, 1.82) is 5.26 Å². The Morgan fingerprint density at radius 3 is 2.60 bits per heavy atom. The summed E-state index contributed by atoms with van der Waals surface area (Å²) < 4.78 is 21.6. The molecule has 0 aromatic heterocycles. The summed E-state index contributed by atoms with van der Waals surface area (Å²) in [6.07, 6.45) is 3.62. The Bertz CT molecular complexity index is 1050. The molecule has 8 heteroatoms. The van der Waals surface area contributed by atoms with Gasteiger partial charge in [0, 0.05) is 11.6 Å². The number of nitriles is 1. The first kappa shape index (κ1) is 20.5. The van der Waals surface area contributed by atoms with E-state index >= 15 is 0 Å². The highest BCUT2D eigenvalue weighted by Crippen LogP contribution is 2.29. The summed E-state index contributed by atoms with van der Waals surface area (Å²) in [5, 5.41) is 12.1. The average Bonchev–Trinajstić information content (AvgIpc) is 2.78. The summed E-state index contributed by atoms with van der Waals surface area (Å²) in [4.78, 5) is 16.4. The largest absolute Gasteiger partial charge is 0.503 e. The van der Waals surface area contributed by atoms with E-state index in [9.17, 15) is 10.1 Å². The van der Waals surface area contributed by atoms with Crippen molar-refractivity contribution < 1.29 is 23.7 Å². The van der Waals surface area contributed by atoms with Crippen molar-refractivity contribution in [3.8, 4) is 17.6 Å². The lowest BCUT2D eigenvalue weighted by molar-refractivity contribution is -0.133. The van der Waals surface area contributed by atoms with Crippen LogP contribution in [-0.4, -0.2) is 32.8 Å². The second-order valence-electron chi connectivity index (χ2n) is 5.93. The van der Waals surface area contributed by atoms with Crippen LogP contribution >= 0.6 is 0 Å². The molecule has 1 N–H and O–H groups in total. The lowest BCUT2D eigenvalue weighted by Gasteiger charge is -2.20. The molecule has 30 heavy (non-hydrogen) atoms. The van der Waals surface area contributed by atoms with Gasteiger partial charge in [-0.1, -0.05) is 30.3 Å². The topological polar surface area (TPSA) is 102 Å². The van der Waals surface area contributed by atoms with Crippen LogP contribution in [0.4, 0.5) is 0 Å². The van der Waals surface area contributed by atoms with Gasteiger partial charge in [-0.2, -0.15) is 5.26 Å². The maximum Gasteiger partial charge on any atom is 0.341 e. The molecule has 1 heterocycles. The van der Waals surface area contributed by atoms with Gasteiger partial charge in [0.05, 0.1) is 32.4 Å². The molecule has 1 unspecified atom stereocenters. The highest BCUT2D eigenvalue weighted by Gasteiger charge is 2.20. The molecule has 0 spiro atoms. The van der Waals surface area contributed by atoms with E-state index in [1.54, 1.807) is 54.6 Å². The van der Waals surface area contributed by atoms with Gasteiger partial charge in [-0.3, -0.25) is 0 Å². The summed E-state index contributed by atoms with van der Waals surface area (Å²) in [7, 11) is 2.73. The Labute approximate surface area is 173 Å².